The molecule has 0 unspecified atom stereocenters. The highest BCUT2D eigenvalue weighted by Gasteiger charge is 2.22. The summed E-state index contributed by atoms with van der Waals surface area (Å²) >= 11 is 0. The molecule has 27 heavy (non-hydrogen) atoms. The van der Waals surface area contributed by atoms with Crippen molar-refractivity contribution < 1.29 is 14.0 Å². The minimum atomic E-state index is -0.487. The van der Waals surface area contributed by atoms with Gasteiger partial charge in [-0.25, -0.2) is 9.37 Å². The van der Waals surface area contributed by atoms with Gasteiger partial charge in [-0.2, -0.15) is 4.98 Å². The Labute approximate surface area is 156 Å². The molecule has 3 rings (SSSR count). The van der Waals surface area contributed by atoms with Crippen LogP contribution in [0, 0.1) is 12.7 Å². The Kier molecular flexibility index (Phi) is 5.34. The number of carbonyl (C=O) groups is 2. The fourth-order valence-electron chi connectivity index (χ4n) is 3.14. The van der Waals surface area contributed by atoms with E-state index < -0.39 is 11.6 Å². The number of likely N-dealkylation sites (tertiary alicyclic amines) is 1. The summed E-state index contributed by atoms with van der Waals surface area (Å²) in [5.74, 6) is -0.447. The lowest BCUT2D eigenvalue weighted by atomic mass is 10.0. The van der Waals surface area contributed by atoms with Gasteiger partial charge in [-0.3, -0.25) is 9.59 Å². The first-order valence-corrected chi connectivity index (χ1v) is 8.80. The maximum atomic E-state index is 13.5. The van der Waals surface area contributed by atoms with E-state index >= 15 is 0 Å². The Morgan fingerprint density at radius 3 is 2.59 bits per heavy atom. The predicted molar refractivity (Wildman–Crippen MR) is 99.9 cm³/mol. The Balaban J connectivity index is 1.72. The van der Waals surface area contributed by atoms with Crippen LogP contribution < -0.4 is 11.1 Å². The molecule has 8 heteroatoms. The Morgan fingerprint density at radius 2 is 1.96 bits per heavy atom. The zero-order chi connectivity index (χ0) is 19.6. The average molecular weight is 371 g/mol. The number of aryl methyl sites for hydroxylation is 1. The maximum absolute atomic E-state index is 13.5. The Bertz CT molecular complexity index is 878. The van der Waals surface area contributed by atoms with E-state index in [2.05, 4.69) is 15.3 Å². The first-order valence-electron chi connectivity index (χ1n) is 8.80. The number of carbonyl (C=O) groups excluding carboxylic acids is 2. The molecule has 0 atom stereocenters. The van der Waals surface area contributed by atoms with Crippen molar-refractivity contribution in [2.24, 2.45) is 0 Å². The summed E-state index contributed by atoms with van der Waals surface area (Å²) in [6.45, 7) is 4.65. The number of nitrogens with zero attached hydrogens (tertiary/aromatic N) is 3. The molecule has 1 fully saturated rings. The van der Waals surface area contributed by atoms with Gasteiger partial charge >= 0.3 is 0 Å². The number of aromatic nitrogens is 2. The summed E-state index contributed by atoms with van der Waals surface area (Å²) in [6, 6.07) is 4.16. The van der Waals surface area contributed by atoms with Crippen molar-refractivity contribution in [2.75, 3.05) is 24.1 Å². The summed E-state index contributed by atoms with van der Waals surface area (Å²) in [5.41, 5.74) is 6.99. The molecule has 0 saturated carbocycles. The first-order chi connectivity index (χ1) is 12.8. The zero-order valence-corrected chi connectivity index (χ0v) is 15.3. The van der Waals surface area contributed by atoms with Gasteiger partial charge in [-0.15, -0.1) is 0 Å². The maximum Gasteiger partial charge on any atom is 0.224 e. The van der Waals surface area contributed by atoms with E-state index in [-0.39, 0.29) is 28.9 Å². The van der Waals surface area contributed by atoms with Gasteiger partial charge in [-0.1, -0.05) is 6.07 Å². The lowest BCUT2D eigenvalue weighted by molar-refractivity contribution is -0.129. The van der Waals surface area contributed by atoms with Crippen LogP contribution in [0.3, 0.4) is 0 Å². The van der Waals surface area contributed by atoms with E-state index in [9.17, 15) is 14.0 Å². The van der Waals surface area contributed by atoms with Crippen LogP contribution >= 0.6 is 0 Å². The van der Waals surface area contributed by atoms with Gasteiger partial charge in [-0.05, 0) is 37.5 Å². The molecule has 2 aromatic rings. The van der Waals surface area contributed by atoms with E-state index in [4.69, 9.17) is 5.73 Å². The van der Waals surface area contributed by atoms with Crippen molar-refractivity contribution in [3.8, 4) is 0 Å². The second-order valence-electron chi connectivity index (χ2n) is 6.71. The van der Waals surface area contributed by atoms with Crippen LogP contribution in [-0.4, -0.2) is 45.7 Å². The molecule has 0 bridgehead atoms. The van der Waals surface area contributed by atoms with Crippen molar-refractivity contribution in [2.45, 2.75) is 32.7 Å². The lowest BCUT2D eigenvalue weighted by Crippen LogP contribution is -2.41. The molecular formula is C19H22FN5O2. The molecule has 3 N–H and O–H groups in total. The number of rotatable bonds is 4. The Morgan fingerprint density at radius 1 is 1.26 bits per heavy atom. The predicted octanol–water partition coefficient (Wildman–Crippen LogP) is 2.16. The van der Waals surface area contributed by atoms with Crippen molar-refractivity contribution in [1.29, 1.82) is 0 Å². The highest BCUT2D eigenvalue weighted by Crippen LogP contribution is 2.20. The smallest absolute Gasteiger partial charge is 0.224 e. The van der Waals surface area contributed by atoms with Crippen LogP contribution in [0.5, 0.6) is 0 Å². The SMILES string of the molecule is CC(=O)N1CCC(Nc2ncc(C(=O)c3cc(F)ccc3C)c(N)n2)CC1. The number of amides is 1. The topological polar surface area (TPSA) is 101 Å². The molecule has 1 aromatic heterocycles. The van der Waals surface area contributed by atoms with Crippen LogP contribution in [0.2, 0.25) is 0 Å². The fourth-order valence-corrected chi connectivity index (χ4v) is 3.14. The second kappa shape index (κ2) is 7.69. The summed E-state index contributed by atoms with van der Waals surface area (Å²) < 4.78 is 13.5. The number of benzene rings is 1. The molecule has 1 amide bonds. The number of nitrogens with one attached hydrogen (secondary N) is 1. The summed E-state index contributed by atoms with van der Waals surface area (Å²) in [6.07, 6.45) is 2.93. The molecule has 1 aromatic carbocycles. The average Bonchev–Trinajstić information content (AvgIpc) is 2.64. The summed E-state index contributed by atoms with van der Waals surface area (Å²) in [7, 11) is 0. The molecule has 0 radical (unpaired) electrons. The van der Waals surface area contributed by atoms with Gasteiger partial charge in [0.1, 0.15) is 11.6 Å². The van der Waals surface area contributed by atoms with Crippen molar-refractivity contribution in [3.05, 3.63) is 46.9 Å². The summed E-state index contributed by atoms with van der Waals surface area (Å²) in [4.78, 5) is 34.2. The third-order valence-corrected chi connectivity index (χ3v) is 4.78. The van der Waals surface area contributed by atoms with Crippen LogP contribution in [0.1, 0.15) is 41.3 Å². The number of anilines is 2. The number of ketones is 1. The van der Waals surface area contributed by atoms with Gasteiger partial charge in [0, 0.05) is 37.8 Å². The molecule has 1 aliphatic heterocycles. The largest absolute Gasteiger partial charge is 0.383 e. The molecule has 142 valence electrons. The van der Waals surface area contributed by atoms with Crippen molar-refractivity contribution >= 4 is 23.5 Å². The van der Waals surface area contributed by atoms with E-state index in [1.165, 1.54) is 18.3 Å². The highest BCUT2D eigenvalue weighted by atomic mass is 19.1. The van der Waals surface area contributed by atoms with Crippen molar-refractivity contribution in [1.82, 2.24) is 14.9 Å². The monoisotopic (exact) mass is 371 g/mol. The number of hydrogen-bond donors (Lipinski definition) is 2. The van der Waals surface area contributed by atoms with Crippen LogP contribution in [-0.2, 0) is 4.79 Å². The normalized spacial score (nSPS) is 14.9. The highest BCUT2D eigenvalue weighted by molar-refractivity contribution is 6.12. The minimum absolute atomic E-state index is 0.0438. The number of nitrogen functional groups attached to an aromatic ring is 1. The summed E-state index contributed by atoms with van der Waals surface area (Å²) in [5, 5.41) is 3.20. The lowest BCUT2D eigenvalue weighted by Gasteiger charge is -2.31. The minimum Gasteiger partial charge on any atom is -0.383 e. The van der Waals surface area contributed by atoms with Crippen LogP contribution in [0.4, 0.5) is 16.2 Å². The van der Waals surface area contributed by atoms with Gasteiger partial charge in [0.2, 0.25) is 11.9 Å². The van der Waals surface area contributed by atoms with Crippen LogP contribution in [0.15, 0.2) is 24.4 Å². The molecule has 1 saturated heterocycles. The number of nitrogens with two attached hydrogens (primary N) is 1. The number of halogens is 1. The number of piperidine rings is 1. The van der Waals surface area contributed by atoms with Crippen LogP contribution in [0.25, 0.3) is 0 Å². The standard InChI is InChI=1S/C19H22FN5O2/c1-11-3-4-13(20)9-15(11)17(27)16-10-22-19(24-18(16)21)23-14-5-7-25(8-6-14)12(2)26/h3-4,9-10,14H,5-8H2,1-2H3,(H3,21,22,23,24). The van der Waals surface area contributed by atoms with Gasteiger partial charge < -0.3 is 16.0 Å². The number of hydrogen-bond acceptors (Lipinski definition) is 6. The third kappa shape index (κ3) is 4.21. The first kappa shape index (κ1) is 18.8. The molecule has 1 aliphatic rings. The zero-order valence-electron chi connectivity index (χ0n) is 15.3. The van der Waals surface area contributed by atoms with E-state index in [1.54, 1.807) is 24.8 Å². The van der Waals surface area contributed by atoms with E-state index in [1.807, 2.05) is 0 Å². The Hall–Kier alpha value is -3.03. The molecule has 2 heterocycles. The molecular weight excluding hydrogens is 349 g/mol. The second-order valence-corrected chi connectivity index (χ2v) is 6.71. The fraction of sp³-hybridized carbons (Fsp3) is 0.368. The molecule has 0 aliphatic carbocycles. The quantitative estimate of drug-likeness (QED) is 0.799. The van der Waals surface area contributed by atoms with E-state index in [0.29, 0.717) is 24.6 Å². The van der Waals surface area contributed by atoms with Gasteiger partial charge in [0.25, 0.3) is 0 Å². The third-order valence-electron chi connectivity index (χ3n) is 4.78. The van der Waals surface area contributed by atoms with E-state index in [0.717, 1.165) is 12.8 Å². The molecule has 7 nitrogen and oxygen atoms in total. The van der Waals surface area contributed by atoms with Gasteiger partial charge in [0.05, 0.1) is 5.56 Å². The molecule has 0 spiro atoms. The van der Waals surface area contributed by atoms with Crippen molar-refractivity contribution in [3.63, 3.8) is 0 Å². The van der Waals surface area contributed by atoms with Gasteiger partial charge in [0.15, 0.2) is 5.78 Å².